The molecule has 1 saturated heterocycles. The molecule has 1 aromatic heterocycles. The Morgan fingerprint density at radius 3 is 2.96 bits per heavy atom. The molecule has 0 bridgehead atoms. The number of aromatic nitrogens is 1. The second kappa shape index (κ2) is 8.39. The van der Waals surface area contributed by atoms with Crippen LogP contribution in [0.25, 0.3) is 10.9 Å². The van der Waals surface area contributed by atoms with E-state index in [1.165, 1.54) is 0 Å². The molecule has 1 fully saturated rings. The van der Waals surface area contributed by atoms with Crippen LogP contribution < -0.4 is 10.1 Å². The number of aliphatic imine (C=N–C) groups is 1. The van der Waals surface area contributed by atoms with Crippen molar-refractivity contribution in [1.29, 1.82) is 0 Å². The maximum atomic E-state index is 5.52. The first-order valence-corrected chi connectivity index (χ1v) is 11.6. The van der Waals surface area contributed by atoms with E-state index >= 15 is 0 Å². The molecule has 2 aliphatic heterocycles. The number of methoxy groups -OCH3 is 1. The van der Waals surface area contributed by atoms with Crippen LogP contribution in [0.5, 0.6) is 5.75 Å². The van der Waals surface area contributed by atoms with E-state index in [0.717, 1.165) is 75.7 Å². The first-order chi connectivity index (χ1) is 12.8. The zero-order chi connectivity index (χ0) is 17.9. The molecule has 0 amide bonds. The highest BCUT2D eigenvalue weighted by Gasteiger charge is 2.22. The number of benzene rings is 1. The number of halogens is 1. The van der Waals surface area contributed by atoms with Gasteiger partial charge in [0.05, 0.1) is 30.0 Å². The molecule has 0 saturated carbocycles. The number of hydrogen-bond acceptors (Lipinski definition) is 5. The number of anilines is 1. The summed E-state index contributed by atoms with van der Waals surface area (Å²) in [5.74, 6) is 1.96. The summed E-state index contributed by atoms with van der Waals surface area (Å²) in [6.07, 6.45) is 3.22. The van der Waals surface area contributed by atoms with Crippen molar-refractivity contribution < 1.29 is 9.47 Å². The Morgan fingerprint density at radius 2 is 2.19 bits per heavy atom. The molecule has 2 N–H and O–H groups in total. The first-order valence-electron chi connectivity index (χ1n) is 9.09. The highest BCUT2D eigenvalue weighted by atomic mass is 127. The molecule has 0 radical (unpaired) electrons. The van der Waals surface area contributed by atoms with E-state index in [1.54, 1.807) is 7.11 Å². The molecule has 0 spiro atoms. The van der Waals surface area contributed by atoms with Gasteiger partial charge >= 0.3 is 0 Å². The van der Waals surface area contributed by atoms with E-state index in [0.29, 0.717) is 12.1 Å². The van der Waals surface area contributed by atoms with Crippen molar-refractivity contribution in [2.45, 2.75) is 31.3 Å². The fourth-order valence-corrected chi connectivity index (χ4v) is 5.26. The Balaban J connectivity index is 1.65. The Labute approximate surface area is 171 Å². The van der Waals surface area contributed by atoms with Crippen LogP contribution in [-0.4, -0.2) is 52.6 Å². The van der Waals surface area contributed by atoms with Crippen molar-refractivity contribution in [3.05, 3.63) is 23.9 Å². The summed E-state index contributed by atoms with van der Waals surface area (Å²) >= 11 is 4.29. The molecule has 26 heavy (non-hydrogen) atoms. The number of ether oxygens (including phenoxy) is 2. The van der Waals surface area contributed by atoms with Crippen molar-refractivity contribution in [1.82, 2.24) is 4.98 Å². The van der Waals surface area contributed by atoms with Gasteiger partial charge in [-0.05, 0) is 31.4 Å². The molecular weight excluding hydrogens is 461 g/mol. The minimum atomic E-state index is 0.442. The summed E-state index contributed by atoms with van der Waals surface area (Å²) in [4.78, 5) is 8.51. The third kappa shape index (κ3) is 3.99. The molecule has 5 nitrogen and oxygen atoms in total. The summed E-state index contributed by atoms with van der Waals surface area (Å²) in [5, 5.41) is 5.99. The Kier molecular flexibility index (Phi) is 5.95. The van der Waals surface area contributed by atoms with Crippen LogP contribution >= 0.6 is 34.4 Å². The van der Waals surface area contributed by atoms with E-state index in [1.807, 2.05) is 11.8 Å². The molecule has 1 aromatic carbocycles. The van der Waals surface area contributed by atoms with Crippen LogP contribution in [0.1, 0.15) is 25.0 Å². The van der Waals surface area contributed by atoms with E-state index < -0.39 is 0 Å². The number of thioether (sulfide) groups is 1. The van der Waals surface area contributed by atoms with E-state index in [-0.39, 0.29) is 0 Å². The molecule has 4 rings (SSSR count). The largest absolute Gasteiger partial charge is 0.497 e. The topological polar surface area (TPSA) is 58.6 Å². The molecule has 1 atom stereocenters. The predicted molar refractivity (Wildman–Crippen MR) is 119 cm³/mol. The van der Waals surface area contributed by atoms with Gasteiger partial charge in [0.2, 0.25) is 0 Å². The first kappa shape index (κ1) is 18.4. The number of nitrogens with zero attached hydrogens (tertiary/aromatic N) is 1. The van der Waals surface area contributed by atoms with E-state index in [2.05, 4.69) is 51.1 Å². The second-order valence-electron chi connectivity index (χ2n) is 6.73. The summed E-state index contributed by atoms with van der Waals surface area (Å²) in [5.41, 5.74) is 3.35. The van der Waals surface area contributed by atoms with Gasteiger partial charge in [-0.2, -0.15) is 0 Å². The van der Waals surface area contributed by atoms with Gasteiger partial charge < -0.3 is 19.8 Å². The standard InChI is InChI=1S/C19H24IN3O2S/c1-24-15-8-12-9-17(19-22-14(2-5-20)11-26-19)23-18(12)16(10-15)21-13-3-6-25-7-4-13/h8-10,13-14,21,23H,2-7,11H2,1H3. The molecule has 3 heterocycles. The number of fused-ring (bicyclic) bond motifs is 1. The average molecular weight is 485 g/mol. The van der Waals surface area contributed by atoms with Crippen LogP contribution in [0.4, 0.5) is 5.69 Å². The van der Waals surface area contributed by atoms with Gasteiger partial charge in [-0.3, -0.25) is 4.99 Å². The van der Waals surface area contributed by atoms with Crippen LogP contribution in [-0.2, 0) is 4.74 Å². The molecule has 2 aromatic rings. The van der Waals surface area contributed by atoms with Gasteiger partial charge in [0.15, 0.2) is 0 Å². The summed E-state index contributed by atoms with van der Waals surface area (Å²) in [6, 6.07) is 7.27. The van der Waals surface area contributed by atoms with Gasteiger partial charge in [-0.1, -0.05) is 22.6 Å². The van der Waals surface area contributed by atoms with Gasteiger partial charge in [-0.25, -0.2) is 0 Å². The third-order valence-electron chi connectivity index (χ3n) is 4.90. The van der Waals surface area contributed by atoms with Crippen LogP contribution in [0.2, 0.25) is 0 Å². The van der Waals surface area contributed by atoms with Crippen LogP contribution in [0.15, 0.2) is 23.2 Å². The van der Waals surface area contributed by atoms with Crippen molar-refractivity contribution in [3.63, 3.8) is 0 Å². The Bertz CT molecular complexity index is 801. The lowest BCUT2D eigenvalue weighted by Crippen LogP contribution is -2.27. The Hall–Kier alpha value is -0.930. The van der Waals surface area contributed by atoms with E-state index in [4.69, 9.17) is 14.5 Å². The van der Waals surface area contributed by atoms with Crippen molar-refractivity contribution in [2.75, 3.05) is 35.8 Å². The second-order valence-corrected chi connectivity index (χ2v) is 8.82. The monoisotopic (exact) mass is 485 g/mol. The number of hydrogen-bond donors (Lipinski definition) is 2. The quantitative estimate of drug-likeness (QED) is 0.469. The van der Waals surface area contributed by atoms with Crippen molar-refractivity contribution in [3.8, 4) is 5.75 Å². The fourth-order valence-electron chi connectivity index (χ4n) is 3.46. The molecule has 0 aliphatic carbocycles. The average Bonchev–Trinajstić information content (AvgIpc) is 3.29. The van der Waals surface area contributed by atoms with Crippen LogP contribution in [0, 0.1) is 0 Å². The highest BCUT2D eigenvalue weighted by molar-refractivity contribution is 14.1. The third-order valence-corrected chi connectivity index (χ3v) is 6.68. The number of aromatic amines is 1. The zero-order valence-corrected chi connectivity index (χ0v) is 17.9. The van der Waals surface area contributed by atoms with Crippen molar-refractivity contribution in [2.24, 2.45) is 4.99 Å². The molecular formula is C19H24IN3O2S. The lowest BCUT2D eigenvalue weighted by molar-refractivity contribution is 0.0905. The normalized spacial score (nSPS) is 21.2. The highest BCUT2D eigenvalue weighted by Crippen LogP contribution is 2.33. The number of alkyl halides is 1. The molecule has 7 heteroatoms. The number of rotatable bonds is 6. The zero-order valence-electron chi connectivity index (χ0n) is 14.9. The number of nitrogens with one attached hydrogen (secondary N) is 2. The van der Waals surface area contributed by atoms with Gasteiger partial charge in [0, 0.05) is 40.9 Å². The van der Waals surface area contributed by atoms with Gasteiger partial charge in [0.1, 0.15) is 10.8 Å². The van der Waals surface area contributed by atoms with Gasteiger partial charge in [-0.15, -0.1) is 11.8 Å². The number of H-pyrrole nitrogens is 1. The summed E-state index contributed by atoms with van der Waals surface area (Å²) in [6.45, 7) is 1.65. The van der Waals surface area contributed by atoms with Crippen LogP contribution in [0.3, 0.4) is 0 Å². The maximum absolute atomic E-state index is 5.52. The predicted octanol–water partition coefficient (Wildman–Crippen LogP) is 4.45. The van der Waals surface area contributed by atoms with E-state index in [9.17, 15) is 0 Å². The fraction of sp³-hybridized carbons (Fsp3) is 0.526. The maximum Gasteiger partial charge on any atom is 0.121 e. The molecule has 1 unspecified atom stereocenters. The minimum Gasteiger partial charge on any atom is -0.497 e. The Morgan fingerprint density at radius 1 is 1.35 bits per heavy atom. The minimum absolute atomic E-state index is 0.442. The molecule has 2 aliphatic rings. The summed E-state index contributed by atoms with van der Waals surface area (Å²) < 4.78 is 12.2. The lowest BCUT2D eigenvalue weighted by atomic mass is 10.1. The smallest absolute Gasteiger partial charge is 0.121 e. The van der Waals surface area contributed by atoms with Gasteiger partial charge in [0.25, 0.3) is 0 Å². The summed E-state index contributed by atoms with van der Waals surface area (Å²) in [7, 11) is 1.72. The SMILES string of the molecule is COc1cc(NC2CCOCC2)c2[nH]c(C3=NC(CCI)CS3)cc2c1. The van der Waals surface area contributed by atoms with Crippen molar-refractivity contribution >= 4 is 56.0 Å². The molecule has 140 valence electrons. The lowest BCUT2D eigenvalue weighted by Gasteiger charge is -2.24.